The lowest BCUT2D eigenvalue weighted by Gasteiger charge is -2.20. The minimum absolute atomic E-state index is 0.0630. The molecule has 0 spiro atoms. The summed E-state index contributed by atoms with van der Waals surface area (Å²) in [4.78, 5) is 21.0. The molecule has 1 fully saturated rings. The molecule has 0 amide bonds. The predicted octanol–water partition coefficient (Wildman–Crippen LogP) is 6.78. The van der Waals surface area contributed by atoms with Crippen molar-refractivity contribution >= 4 is 17.1 Å². The number of rotatable bonds is 8. The molecule has 2 aromatic carbocycles. The van der Waals surface area contributed by atoms with E-state index in [2.05, 4.69) is 41.2 Å². The van der Waals surface area contributed by atoms with Crippen molar-refractivity contribution in [2.45, 2.75) is 71.2 Å². The maximum atomic E-state index is 12.1. The minimum Gasteiger partial charge on any atom is -0.474 e. The largest absolute Gasteiger partial charge is 0.474 e. The van der Waals surface area contributed by atoms with Gasteiger partial charge >= 0.3 is 5.97 Å². The van der Waals surface area contributed by atoms with Crippen molar-refractivity contribution < 1.29 is 23.4 Å². The molecule has 2 heterocycles. The third kappa shape index (κ3) is 5.89. The van der Waals surface area contributed by atoms with E-state index in [1.807, 2.05) is 51.1 Å². The van der Waals surface area contributed by atoms with Crippen molar-refractivity contribution in [3.05, 3.63) is 66.5 Å². The van der Waals surface area contributed by atoms with Crippen molar-refractivity contribution in [1.29, 1.82) is 0 Å². The monoisotopic (exact) mass is 514 g/mol. The highest BCUT2D eigenvalue weighted by Crippen LogP contribution is 2.44. The topological polar surface area (TPSA) is 83.7 Å². The number of carbonyl (C=O) groups is 1. The molecule has 0 bridgehead atoms. The summed E-state index contributed by atoms with van der Waals surface area (Å²) in [7, 11) is 0. The second-order valence-corrected chi connectivity index (χ2v) is 10.7. The quantitative estimate of drug-likeness (QED) is 0.240. The second-order valence-electron chi connectivity index (χ2n) is 10.7. The Balaban J connectivity index is 1.42. The molecular formula is C31H34N2O5. The highest BCUT2D eigenvalue weighted by atomic mass is 16.6. The van der Waals surface area contributed by atoms with Gasteiger partial charge < -0.3 is 18.6 Å². The van der Waals surface area contributed by atoms with Gasteiger partial charge in [-0.25, -0.2) is 14.8 Å². The van der Waals surface area contributed by atoms with Gasteiger partial charge in [0.1, 0.15) is 35.8 Å². The number of fused-ring (bicyclic) bond motifs is 1. The molecule has 198 valence electrons. The van der Waals surface area contributed by atoms with Gasteiger partial charge in [0.15, 0.2) is 0 Å². The summed E-state index contributed by atoms with van der Waals surface area (Å²) in [5.74, 6) is 0.874. The molecule has 0 N–H and O–H groups in total. The van der Waals surface area contributed by atoms with E-state index >= 15 is 0 Å². The molecule has 7 heteroatoms. The molecule has 4 aromatic rings. The van der Waals surface area contributed by atoms with Gasteiger partial charge in [-0.3, -0.25) is 0 Å². The van der Waals surface area contributed by atoms with Crippen molar-refractivity contribution in [1.82, 2.24) is 9.97 Å². The number of benzene rings is 2. The van der Waals surface area contributed by atoms with Crippen LogP contribution >= 0.6 is 0 Å². The van der Waals surface area contributed by atoms with Crippen LogP contribution in [0.3, 0.4) is 0 Å². The summed E-state index contributed by atoms with van der Waals surface area (Å²) in [6, 6.07) is 18.5. The molecule has 1 saturated carbocycles. The number of hydrogen-bond donors (Lipinski definition) is 0. The van der Waals surface area contributed by atoms with E-state index in [0.717, 1.165) is 47.1 Å². The molecule has 0 aliphatic heterocycles. The Morgan fingerprint density at radius 2 is 1.71 bits per heavy atom. The lowest BCUT2D eigenvalue weighted by atomic mass is 9.98. The molecule has 2 atom stereocenters. The van der Waals surface area contributed by atoms with Crippen LogP contribution in [0.5, 0.6) is 5.88 Å². The van der Waals surface area contributed by atoms with E-state index in [-0.39, 0.29) is 24.8 Å². The first-order chi connectivity index (χ1) is 18.3. The number of aromatic nitrogens is 2. The van der Waals surface area contributed by atoms with Crippen LogP contribution in [0, 0.1) is 0 Å². The zero-order chi connectivity index (χ0) is 26.7. The van der Waals surface area contributed by atoms with E-state index in [1.54, 1.807) is 0 Å². The van der Waals surface area contributed by atoms with Gasteiger partial charge in [0.05, 0.1) is 6.10 Å². The van der Waals surface area contributed by atoms with Gasteiger partial charge in [-0.1, -0.05) is 61.5 Å². The van der Waals surface area contributed by atoms with Gasteiger partial charge in [-0.2, -0.15) is 0 Å². The molecule has 0 unspecified atom stereocenters. The molecule has 0 radical (unpaired) electrons. The molecule has 38 heavy (non-hydrogen) atoms. The van der Waals surface area contributed by atoms with Gasteiger partial charge in [0.25, 0.3) is 0 Å². The number of aryl methyl sites for hydroxylation is 1. The fraction of sp³-hybridized carbons (Fsp3) is 0.387. The molecular weight excluding hydrogens is 480 g/mol. The van der Waals surface area contributed by atoms with Crippen LogP contribution in [0.2, 0.25) is 0 Å². The van der Waals surface area contributed by atoms with Gasteiger partial charge in [0, 0.05) is 17.5 Å². The van der Waals surface area contributed by atoms with E-state index < -0.39 is 5.60 Å². The normalized spacial score (nSPS) is 17.6. The lowest BCUT2D eigenvalue weighted by Crippen LogP contribution is -2.28. The summed E-state index contributed by atoms with van der Waals surface area (Å²) < 4.78 is 24.0. The first-order valence-electron chi connectivity index (χ1n) is 13.2. The standard InChI is InChI=1S/C31H34N2O5/c1-5-20-11-13-21(14-12-20)26-27-29(32-19-33-30(27)37-28(26)22-9-7-6-8-10-22)36-24-16-15-23(17-24)35-18-25(34)38-31(2,3)4/h6-14,19,23-24H,5,15-18H2,1-4H3/t23-,24+/m0/s1. The summed E-state index contributed by atoms with van der Waals surface area (Å²) in [5.41, 5.74) is 4.11. The van der Waals surface area contributed by atoms with E-state index in [1.165, 1.54) is 11.9 Å². The molecule has 1 aliphatic carbocycles. The van der Waals surface area contributed by atoms with Gasteiger partial charge in [-0.05, 0) is 51.2 Å². The van der Waals surface area contributed by atoms with Crippen LogP contribution < -0.4 is 4.74 Å². The minimum atomic E-state index is -0.530. The fourth-order valence-corrected chi connectivity index (χ4v) is 4.85. The molecule has 5 rings (SSSR count). The fourth-order valence-electron chi connectivity index (χ4n) is 4.85. The maximum absolute atomic E-state index is 12.1. The zero-order valence-electron chi connectivity index (χ0n) is 22.4. The SMILES string of the molecule is CCc1ccc(-c2c(-c3ccccc3)oc3ncnc(O[C@@H]4CC[C@H](OCC(=O)OC(C)(C)C)C4)c23)cc1. The van der Waals surface area contributed by atoms with Crippen LogP contribution in [0.1, 0.15) is 52.5 Å². The van der Waals surface area contributed by atoms with Crippen molar-refractivity contribution in [3.63, 3.8) is 0 Å². The molecule has 7 nitrogen and oxygen atoms in total. The maximum Gasteiger partial charge on any atom is 0.332 e. The Labute approximate surface area is 223 Å². The molecule has 2 aromatic heterocycles. The summed E-state index contributed by atoms with van der Waals surface area (Å²) in [6.45, 7) is 7.62. The number of furan rings is 1. The Kier molecular flexibility index (Phi) is 7.47. The highest BCUT2D eigenvalue weighted by molar-refractivity contribution is 6.03. The van der Waals surface area contributed by atoms with Crippen LogP contribution in [0.4, 0.5) is 0 Å². The van der Waals surface area contributed by atoms with Gasteiger partial charge in [-0.15, -0.1) is 0 Å². The Bertz CT molecular complexity index is 1390. The lowest BCUT2D eigenvalue weighted by molar-refractivity contribution is -0.162. The second kappa shape index (κ2) is 11.0. The highest BCUT2D eigenvalue weighted by Gasteiger charge is 2.30. The first-order valence-corrected chi connectivity index (χ1v) is 13.2. The molecule has 0 saturated heterocycles. The van der Waals surface area contributed by atoms with E-state index in [9.17, 15) is 4.79 Å². The zero-order valence-corrected chi connectivity index (χ0v) is 22.4. The van der Waals surface area contributed by atoms with Crippen LogP contribution in [-0.4, -0.2) is 40.4 Å². The van der Waals surface area contributed by atoms with Crippen LogP contribution in [0.15, 0.2) is 65.3 Å². The Hall–Kier alpha value is -3.71. The Morgan fingerprint density at radius 3 is 2.42 bits per heavy atom. The third-order valence-corrected chi connectivity index (χ3v) is 6.61. The van der Waals surface area contributed by atoms with Crippen LogP contribution in [-0.2, 0) is 20.7 Å². The van der Waals surface area contributed by atoms with Crippen molar-refractivity contribution in [2.24, 2.45) is 0 Å². The summed E-state index contributed by atoms with van der Waals surface area (Å²) in [5, 5.41) is 0.758. The number of esters is 1. The van der Waals surface area contributed by atoms with Crippen molar-refractivity contribution in [3.8, 4) is 28.3 Å². The Morgan fingerprint density at radius 1 is 0.974 bits per heavy atom. The average Bonchev–Trinajstić information content (AvgIpc) is 3.52. The average molecular weight is 515 g/mol. The van der Waals surface area contributed by atoms with Crippen molar-refractivity contribution in [2.75, 3.05) is 6.61 Å². The number of ether oxygens (including phenoxy) is 3. The smallest absolute Gasteiger partial charge is 0.332 e. The van der Waals surface area contributed by atoms with Crippen LogP contribution in [0.25, 0.3) is 33.6 Å². The van der Waals surface area contributed by atoms with Gasteiger partial charge in [0.2, 0.25) is 11.6 Å². The summed E-state index contributed by atoms with van der Waals surface area (Å²) >= 11 is 0. The predicted molar refractivity (Wildman–Crippen MR) is 146 cm³/mol. The number of nitrogens with zero attached hydrogens (tertiary/aromatic N) is 2. The third-order valence-electron chi connectivity index (χ3n) is 6.61. The number of carbonyl (C=O) groups excluding carboxylic acids is 1. The van der Waals surface area contributed by atoms with E-state index in [0.29, 0.717) is 18.0 Å². The number of hydrogen-bond acceptors (Lipinski definition) is 7. The molecule has 1 aliphatic rings. The first kappa shape index (κ1) is 25.9. The summed E-state index contributed by atoms with van der Waals surface area (Å²) in [6.07, 6.45) is 4.54. The van der Waals surface area contributed by atoms with E-state index in [4.69, 9.17) is 18.6 Å².